The van der Waals surface area contributed by atoms with Crippen LogP contribution in [-0.2, 0) is 9.53 Å². The predicted octanol–water partition coefficient (Wildman–Crippen LogP) is 2.32. The summed E-state index contributed by atoms with van der Waals surface area (Å²) in [7, 11) is 0. The number of carbonyl (C=O) groups excluding carboxylic acids is 1. The number of rotatable bonds is 4. The molecule has 0 bridgehead atoms. The van der Waals surface area contributed by atoms with Gasteiger partial charge in [0.1, 0.15) is 0 Å². The number of nitrogens with one attached hydrogen (secondary N) is 1. The molecule has 3 aliphatic heterocycles. The average Bonchev–Trinajstić information content (AvgIpc) is 3.31. The van der Waals surface area contributed by atoms with Gasteiger partial charge in [-0.3, -0.25) is 9.69 Å². The third-order valence-electron chi connectivity index (χ3n) is 6.37. The normalized spacial score (nSPS) is 27.3. The molecule has 27 heavy (non-hydrogen) atoms. The van der Waals surface area contributed by atoms with E-state index in [-0.39, 0.29) is 18.0 Å². The van der Waals surface area contributed by atoms with Gasteiger partial charge in [0.25, 0.3) is 0 Å². The standard InChI is InChI=1S/C21H32N4O2/c1-15-13-17(23-21(26)16-7-11-27-12-8-16)4-5-19(15)24-10-6-18(14-24)25-9-2-3-20(25)22/h4-5,13,16,18,20H,2-3,6-12,14,22H2,1H3,(H,23,26). The van der Waals surface area contributed by atoms with Gasteiger partial charge in [-0.25, -0.2) is 0 Å². The molecule has 4 rings (SSSR count). The van der Waals surface area contributed by atoms with Gasteiger partial charge in [-0.2, -0.15) is 0 Å². The summed E-state index contributed by atoms with van der Waals surface area (Å²) in [6.45, 7) is 6.76. The zero-order chi connectivity index (χ0) is 18.8. The number of likely N-dealkylation sites (tertiary alicyclic amines) is 1. The van der Waals surface area contributed by atoms with E-state index in [2.05, 4.69) is 34.2 Å². The van der Waals surface area contributed by atoms with Crippen molar-refractivity contribution in [1.29, 1.82) is 0 Å². The number of anilines is 2. The van der Waals surface area contributed by atoms with Crippen molar-refractivity contribution in [3.8, 4) is 0 Å². The van der Waals surface area contributed by atoms with Crippen molar-refractivity contribution < 1.29 is 9.53 Å². The number of aryl methyl sites for hydroxylation is 1. The van der Waals surface area contributed by atoms with Crippen LogP contribution in [0.5, 0.6) is 0 Å². The molecule has 6 heteroatoms. The lowest BCUT2D eigenvalue weighted by molar-refractivity contribution is -0.122. The fraction of sp³-hybridized carbons (Fsp3) is 0.667. The Morgan fingerprint density at radius 2 is 2.00 bits per heavy atom. The van der Waals surface area contributed by atoms with Gasteiger partial charge in [-0.1, -0.05) is 0 Å². The summed E-state index contributed by atoms with van der Waals surface area (Å²) >= 11 is 0. The number of ether oxygens (including phenoxy) is 1. The monoisotopic (exact) mass is 372 g/mol. The SMILES string of the molecule is Cc1cc(NC(=O)C2CCOCC2)ccc1N1CCC(N2CCCC2N)C1. The Bertz CT molecular complexity index is 674. The van der Waals surface area contributed by atoms with E-state index in [0.717, 1.165) is 44.6 Å². The van der Waals surface area contributed by atoms with Crippen LogP contribution in [0.4, 0.5) is 11.4 Å². The maximum absolute atomic E-state index is 12.4. The van der Waals surface area contributed by atoms with Crippen LogP contribution in [0.1, 0.15) is 37.7 Å². The quantitative estimate of drug-likeness (QED) is 0.849. The Hall–Kier alpha value is -1.63. The van der Waals surface area contributed by atoms with E-state index >= 15 is 0 Å². The Morgan fingerprint density at radius 3 is 2.70 bits per heavy atom. The fourth-order valence-electron chi connectivity index (χ4n) is 4.79. The van der Waals surface area contributed by atoms with E-state index < -0.39 is 0 Å². The van der Waals surface area contributed by atoms with Crippen LogP contribution >= 0.6 is 0 Å². The molecule has 2 unspecified atom stereocenters. The first-order valence-electron chi connectivity index (χ1n) is 10.4. The van der Waals surface area contributed by atoms with Crippen LogP contribution in [-0.4, -0.2) is 55.9 Å². The molecule has 1 aromatic rings. The Morgan fingerprint density at radius 1 is 1.19 bits per heavy atom. The molecular weight excluding hydrogens is 340 g/mol. The van der Waals surface area contributed by atoms with Crippen LogP contribution in [0.2, 0.25) is 0 Å². The Labute approximate surface area is 162 Å². The maximum Gasteiger partial charge on any atom is 0.227 e. The van der Waals surface area contributed by atoms with E-state index in [1.165, 1.54) is 24.1 Å². The summed E-state index contributed by atoms with van der Waals surface area (Å²) in [4.78, 5) is 17.4. The highest BCUT2D eigenvalue weighted by atomic mass is 16.5. The number of amides is 1. The molecule has 0 saturated carbocycles. The molecular formula is C21H32N4O2. The van der Waals surface area contributed by atoms with Gasteiger partial charge in [0, 0.05) is 56.2 Å². The molecule has 3 N–H and O–H groups in total. The second kappa shape index (κ2) is 8.17. The summed E-state index contributed by atoms with van der Waals surface area (Å²) in [5.41, 5.74) is 9.64. The van der Waals surface area contributed by atoms with Crippen LogP contribution in [0.15, 0.2) is 18.2 Å². The molecule has 148 valence electrons. The van der Waals surface area contributed by atoms with Crippen molar-refractivity contribution in [2.45, 2.75) is 51.2 Å². The van der Waals surface area contributed by atoms with Gasteiger partial charge < -0.3 is 20.7 Å². The molecule has 0 aliphatic carbocycles. The van der Waals surface area contributed by atoms with Gasteiger partial charge in [0.2, 0.25) is 5.91 Å². The van der Waals surface area contributed by atoms with Crippen LogP contribution < -0.4 is 16.0 Å². The molecule has 1 aromatic carbocycles. The van der Waals surface area contributed by atoms with Gasteiger partial charge >= 0.3 is 0 Å². The van der Waals surface area contributed by atoms with Gasteiger partial charge in [0.15, 0.2) is 0 Å². The summed E-state index contributed by atoms with van der Waals surface area (Å²) in [6, 6.07) is 6.85. The average molecular weight is 373 g/mol. The number of carbonyl (C=O) groups is 1. The minimum Gasteiger partial charge on any atom is -0.381 e. The fourth-order valence-corrected chi connectivity index (χ4v) is 4.79. The molecule has 3 aliphatic rings. The highest BCUT2D eigenvalue weighted by Crippen LogP contribution is 2.30. The summed E-state index contributed by atoms with van der Waals surface area (Å²) in [5, 5.41) is 3.09. The van der Waals surface area contributed by atoms with Crippen LogP contribution in [0, 0.1) is 12.8 Å². The minimum atomic E-state index is 0.0720. The number of hydrogen-bond acceptors (Lipinski definition) is 5. The van der Waals surface area contributed by atoms with Gasteiger partial charge in [-0.05, 0) is 62.8 Å². The van der Waals surface area contributed by atoms with E-state index in [1.807, 2.05) is 6.07 Å². The first-order valence-corrected chi connectivity index (χ1v) is 10.4. The zero-order valence-corrected chi connectivity index (χ0v) is 16.3. The maximum atomic E-state index is 12.4. The molecule has 0 aromatic heterocycles. The Kier molecular flexibility index (Phi) is 5.66. The first kappa shape index (κ1) is 18.7. The van der Waals surface area contributed by atoms with E-state index in [1.54, 1.807) is 0 Å². The highest BCUT2D eigenvalue weighted by molar-refractivity contribution is 5.93. The molecule has 3 fully saturated rings. The topological polar surface area (TPSA) is 70.8 Å². The summed E-state index contributed by atoms with van der Waals surface area (Å²) < 4.78 is 5.35. The lowest BCUT2D eigenvalue weighted by Gasteiger charge is -2.29. The minimum absolute atomic E-state index is 0.0720. The van der Waals surface area contributed by atoms with E-state index in [0.29, 0.717) is 19.3 Å². The Balaban J connectivity index is 1.38. The molecule has 1 amide bonds. The second-order valence-electron chi connectivity index (χ2n) is 8.21. The van der Waals surface area contributed by atoms with E-state index in [9.17, 15) is 4.79 Å². The smallest absolute Gasteiger partial charge is 0.227 e. The van der Waals surface area contributed by atoms with Gasteiger partial charge in [0.05, 0.1) is 6.17 Å². The molecule has 2 atom stereocenters. The molecule has 6 nitrogen and oxygen atoms in total. The summed E-state index contributed by atoms with van der Waals surface area (Å²) in [5.74, 6) is 0.192. The van der Waals surface area contributed by atoms with Crippen molar-refractivity contribution >= 4 is 17.3 Å². The largest absolute Gasteiger partial charge is 0.381 e. The highest BCUT2D eigenvalue weighted by Gasteiger charge is 2.33. The molecule has 3 saturated heterocycles. The lowest BCUT2D eigenvalue weighted by Crippen LogP contribution is -2.45. The zero-order valence-electron chi connectivity index (χ0n) is 16.3. The lowest BCUT2D eigenvalue weighted by atomic mass is 9.99. The number of nitrogens with zero attached hydrogens (tertiary/aromatic N) is 2. The molecule has 0 spiro atoms. The van der Waals surface area contributed by atoms with Crippen molar-refractivity contribution in [1.82, 2.24) is 4.90 Å². The molecule has 0 radical (unpaired) electrons. The number of benzene rings is 1. The third-order valence-corrected chi connectivity index (χ3v) is 6.37. The van der Waals surface area contributed by atoms with Crippen molar-refractivity contribution in [3.05, 3.63) is 23.8 Å². The van der Waals surface area contributed by atoms with E-state index in [4.69, 9.17) is 10.5 Å². The summed E-state index contributed by atoms with van der Waals surface area (Å²) in [6.07, 6.45) is 5.39. The number of hydrogen-bond donors (Lipinski definition) is 2. The van der Waals surface area contributed by atoms with Crippen LogP contribution in [0.3, 0.4) is 0 Å². The van der Waals surface area contributed by atoms with Crippen molar-refractivity contribution in [3.63, 3.8) is 0 Å². The predicted molar refractivity (Wildman–Crippen MR) is 108 cm³/mol. The first-order chi connectivity index (χ1) is 13.1. The second-order valence-corrected chi connectivity index (χ2v) is 8.21. The molecule has 3 heterocycles. The number of nitrogens with two attached hydrogens (primary N) is 1. The van der Waals surface area contributed by atoms with Crippen LogP contribution in [0.25, 0.3) is 0 Å². The van der Waals surface area contributed by atoms with Gasteiger partial charge in [-0.15, -0.1) is 0 Å². The van der Waals surface area contributed by atoms with Crippen molar-refractivity contribution in [2.24, 2.45) is 11.7 Å². The van der Waals surface area contributed by atoms with Crippen molar-refractivity contribution in [2.75, 3.05) is 43.1 Å². The third kappa shape index (κ3) is 4.13.